The van der Waals surface area contributed by atoms with Gasteiger partial charge in [0.2, 0.25) is 0 Å². The molecular weight excluding hydrogens is 303 g/mol. The first kappa shape index (κ1) is 15.5. The monoisotopic (exact) mass is 319 g/mol. The fraction of sp³-hybridized carbons (Fsp3) is 0.222. The van der Waals surface area contributed by atoms with Gasteiger partial charge in [0.05, 0.1) is 5.56 Å². The highest BCUT2D eigenvalue weighted by molar-refractivity contribution is 5.84. The minimum atomic E-state index is -4.37. The predicted octanol–water partition coefficient (Wildman–Crippen LogP) is 5.08. The highest BCUT2D eigenvalue weighted by atomic mass is 19.4. The number of aromatic nitrogens is 1. The number of aryl methyl sites for hydroxylation is 2. The normalized spacial score (nSPS) is 11.9. The summed E-state index contributed by atoms with van der Waals surface area (Å²) in [6, 6.07) is 11.1. The molecule has 0 aliphatic carbocycles. The zero-order valence-electron chi connectivity index (χ0n) is 12.8. The average molecular weight is 319 g/mol. The molecule has 0 N–H and O–H groups in total. The fourth-order valence-corrected chi connectivity index (χ4v) is 2.63. The van der Waals surface area contributed by atoms with Crippen LogP contribution >= 0.6 is 0 Å². The summed E-state index contributed by atoms with van der Waals surface area (Å²) in [6.45, 7) is 2.23. The number of halogens is 3. The molecule has 0 aliphatic rings. The van der Waals surface area contributed by atoms with Crippen LogP contribution in [0.5, 0.6) is 5.75 Å². The van der Waals surface area contributed by atoms with E-state index < -0.39 is 11.7 Å². The van der Waals surface area contributed by atoms with Gasteiger partial charge in [-0.1, -0.05) is 17.7 Å². The summed E-state index contributed by atoms with van der Waals surface area (Å²) in [6.07, 6.45) is -2.42. The van der Waals surface area contributed by atoms with E-state index >= 15 is 0 Å². The lowest BCUT2D eigenvalue weighted by atomic mass is 10.1. The van der Waals surface area contributed by atoms with Crippen LogP contribution < -0.4 is 4.74 Å². The Labute approximate surface area is 132 Å². The number of benzene rings is 2. The van der Waals surface area contributed by atoms with Crippen LogP contribution in [0.1, 0.15) is 16.7 Å². The van der Waals surface area contributed by atoms with Crippen LogP contribution in [-0.2, 0) is 19.8 Å². The van der Waals surface area contributed by atoms with Crippen LogP contribution in [0, 0.1) is 6.92 Å². The van der Waals surface area contributed by atoms with Crippen LogP contribution in [0.2, 0.25) is 0 Å². The van der Waals surface area contributed by atoms with E-state index in [9.17, 15) is 13.2 Å². The third-order valence-electron chi connectivity index (χ3n) is 3.78. The molecule has 0 aliphatic heterocycles. The van der Waals surface area contributed by atoms with E-state index in [0.717, 1.165) is 34.2 Å². The minimum absolute atomic E-state index is 0.212. The van der Waals surface area contributed by atoms with Gasteiger partial charge in [-0.2, -0.15) is 13.2 Å². The van der Waals surface area contributed by atoms with E-state index in [1.807, 2.05) is 36.9 Å². The van der Waals surface area contributed by atoms with Gasteiger partial charge in [0.25, 0.3) is 0 Å². The molecule has 2 nitrogen and oxygen atoms in total. The summed E-state index contributed by atoms with van der Waals surface area (Å²) >= 11 is 0. The van der Waals surface area contributed by atoms with Crippen molar-refractivity contribution in [3.63, 3.8) is 0 Å². The maximum absolute atomic E-state index is 12.7. The van der Waals surface area contributed by atoms with Gasteiger partial charge in [0, 0.05) is 29.7 Å². The second-order valence-corrected chi connectivity index (χ2v) is 5.60. The molecule has 120 valence electrons. The van der Waals surface area contributed by atoms with E-state index in [2.05, 4.69) is 6.07 Å². The van der Waals surface area contributed by atoms with Gasteiger partial charge in [-0.25, -0.2) is 0 Å². The lowest BCUT2D eigenvalue weighted by Crippen LogP contribution is -2.05. The molecule has 0 atom stereocenters. The second kappa shape index (κ2) is 5.65. The first-order chi connectivity index (χ1) is 10.8. The molecule has 0 radical (unpaired) electrons. The van der Waals surface area contributed by atoms with Crippen LogP contribution in [0.4, 0.5) is 13.2 Å². The number of ether oxygens (including phenoxy) is 1. The summed E-state index contributed by atoms with van der Waals surface area (Å²) in [7, 11) is 1.94. The van der Waals surface area contributed by atoms with Gasteiger partial charge in [-0.15, -0.1) is 0 Å². The number of fused-ring (bicyclic) bond motifs is 1. The Morgan fingerprint density at radius 3 is 2.61 bits per heavy atom. The molecule has 1 heterocycles. The van der Waals surface area contributed by atoms with Crippen molar-refractivity contribution >= 4 is 10.9 Å². The molecule has 0 amide bonds. The average Bonchev–Trinajstić information content (AvgIpc) is 2.80. The molecule has 5 heteroatoms. The maximum atomic E-state index is 12.7. The topological polar surface area (TPSA) is 14.2 Å². The molecular formula is C18H16F3NO. The largest absolute Gasteiger partial charge is 0.489 e. The van der Waals surface area contributed by atoms with Crippen molar-refractivity contribution < 1.29 is 17.9 Å². The lowest BCUT2D eigenvalue weighted by molar-refractivity contribution is -0.137. The summed E-state index contributed by atoms with van der Waals surface area (Å²) in [4.78, 5) is 0. The summed E-state index contributed by atoms with van der Waals surface area (Å²) in [5.74, 6) is 0.212. The number of alkyl halides is 3. The Bertz CT molecular complexity index is 849. The van der Waals surface area contributed by atoms with Crippen LogP contribution in [0.15, 0.2) is 48.7 Å². The summed E-state index contributed by atoms with van der Waals surface area (Å²) in [5.41, 5.74) is 2.44. The van der Waals surface area contributed by atoms with Crippen molar-refractivity contribution in [3.05, 3.63) is 65.4 Å². The zero-order valence-corrected chi connectivity index (χ0v) is 12.8. The Morgan fingerprint density at radius 2 is 1.87 bits per heavy atom. The lowest BCUT2D eigenvalue weighted by Gasteiger charge is -2.10. The second-order valence-electron chi connectivity index (χ2n) is 5.60. The molecule has 0 unspecified atom stereocenters. The van der Waals surface area contributed by atoms with Gasteiger partial charge in [-0.05, 0) is 37.3 Å². The van der Waals surface area contributed by atoms with Crippen LogP contribution in [0.3, 0.4) is 0 Å². The molecule has 3 aromatic rings. The van der Waals surface area contributed by atoms with Crippen molar-refractivity contribution in [1.82, 2.24) is 4.57 Å². The predicted molar refractivity (Wildman–Crippen MR) is 83.4 cm³/mol. The van der Waals surface area contributed by atoms with Gasteiger partial charge in [0.1, 0.15) is 12.4 Å². The first-order valence-electron chi connectivity index (χ1n) is 7.19. The van der Waals surface area contributed by atoms with Crippen LogP contribution in [-0.4, -0.2) is 4.57 Å². The quantitative estimate of drug-likeness (QED) is 0.656. The summed E-state index contributed by atoms with van der Waals surface area (Å²) < 4.78 is 45.7. The maximum Gasteiger partial charge on any atom is 0.416 e. The Balaban J connectivity index is 1.85. The molecule has 0 fully saturated rings. The highest BCUT2D eigenvalue weighted by Crippen LogP contribution is 2.31. The smallest absolute Gasteiger partial charge is 0.416 e. The molecule has 0 bridgehead atoms. The number of nitrogens with zero attached hydrogens (tertiary/aromatic N) is 1. The number of rotatable bonds is 3. The highest BCUT2D eigenvalue weighted by Gasteiger charge is 2.30. The molecule has 1 aromatic heterocycles. The van der Waals surface area contributed by atoms with E-state index in [4.69, 9.17) is 4.74 Å². The van der Waals surface area contributed by atoms with Crippen molar-refractivity contribution in [2.24, 2.45) is 7.05 Å². The minimum Gasteiger partial charge on any atom is -0.489 e. The molecule has 0 saturated carbocycles. The van der Waals surface area contributed by atoms with E-state index in [1.165, 1.54) is 12.1 Å². The SMILES string of the molecule is Cc1ccc2c(c1)c(COc1cccc(C(F)(F)F)c1)cn2C. The number of hydrogen-bond acceptors (Lipinski definition) is 1. The fourth-order valence-electron chi connectivity index (χ4n) is 2.63. The molecule has 0 spiro atoms. The van der Waals surface area contributed by atoms with Gasteiger partial charge < -0.3 is 9.30 Å². The Hall–Kier alpha value is -2.43. The number of hydrogen-bond donors (Lipinski definition) is 0. The van der Waals surface area contributed by atoms with Gasteiger partial charge in [-0.3, -0.25) is 0 Å². The van der Waals surface area contributed by atoms with Gasteiger partial charge >= 0.3 is 6.18 Å². The molecule has 0 saturated heterocycles. The van der Waals surface area contributed by atoms with Crippen molar-refractivity contribution in [1.29, 1.82) is 0 Å². The van der Waals surface area contributed by atoms with Crippen molar-refractivity contribution in [2.75, 3.05) is 0 Å². The Kier molecular flexibility index (Phi) is 3.80. The third-order valence-corrected chi connectivity index (χ3v) is 3.78. The molecule has 23 heavy (non-hydrogen) atoms. The van der Waals surface area contributed by atoms with Crippen molar-refractivity contribution in [3.8, 4) is 5.75 Å². The Morgan fingerprint density at radius 1 is 1.09 bits per heavy atom. The molecule has 3 rings (SSSR count). The van der Waals surface area contributed by atoms with E-state index in [-0.39, 0.29) is 12.4 Å². The first-order valence-corrected chi connectivity index (χ1v) is 7.19. The third kappa shape index (κ3) is 3.18. The standard InChI is InChI=1S/C18H16F3NO/c1-12-6-7-17-16(8-12)13(10-22(17)2)11-23-15-5-3-4-14(9-15)18(19,20)21/h3-10H,11H2,1-2H3. The zero-order chi connectivity index (χ0) is 16.6. The van der Waals surface area contributed by atoms with Gasteiger partial charge in [0.15, 0.2) is 0 Å². The van der Waals surface area contributed by atoms with E-state index in [0.29, 0.717) is 0 Å². The van der Waals surface area contributed by atoms with E-state index in [1.54, 1.807) is 0 Å². The molecule has 2 aromatic carbocycles. The van der Waals surface area contributed by atoms with Crippen LogP contribution in [0.25, 0.3) is 10.9 Å². The summed E-state index contributed by atoms with van der Waals surface area (Å²) in [5, 5.41) is 1.06. The van der Waals surface area contributed by atoms with Crippen molar-refractivity contribution in [2.45, 2.75) is 19.7 Å².